The Balaban J connectivity index is 2.01. The summed E-state index contributed by atoms with van der Waals surface area (Å²) in [5.74, 6) is 0.286. The van der Waals surface area contributed by atoms with Crippen molar-refractivity contribution in [2.45, 2.75) is 51.9 Å². The fourth-order valence-corrected chi connectivity index (χ4v) is 3.07. The Labute approximate surface area is 137 Å². The molecule has 2 N–H and O–H groups in total. The molecule has 0 saturated carbocycles. The zero-order chi connectivity index (χ0) is 17.0. The van der Waals surface area contributed by atoms with Crippen molar-refractivity contribution in [1.29, 1.82) is 0 Å². The Morgan fingerprint density at radius 2 is 2.00 bits per heavy atom. The van der Waals surface area contributed by atoms with Crippen LogP contribution < -0.4 is 0 Å². The second kappa shape index (κ2) is 7.32. The highest BCUT2D eigenvalue weighted by molar-refractivity contribution is 5.69. The molecule has 1 aliphatic rings. The molecule has 0 radical (unpaired) electrons. The van der Waals surface area contributed by atoms with Gasteiger partial charge in [0, 0.05) is 6.54 Å². The molecule has 1 aliphatic heterocycles. The highest BCUT2D eigenvalue weighted by atomic mass is 16.6. The highest BCUT2D eigenvalue weighted by Gasteiger charge is 2.37. The second-order valence-corrected chi connectivity index (χ2v) is 7.25. The van der Waals surface area contributed by atoms with Crippen LogP contribution in [0, 0.1) is 5.92 Å². The summed E-state index contributed by atoms with van der Waals surface area (Å²) in [6.07, 6.45) is 1.23. The minimum atomic E-state index is -0.537. The van der Waals surface area contributed by atoms with Crippen molar-refractivity contribution in [2.75, 3.05) is 13.2 Å². The first-order valence-electron chi connectivity index (χ1n) is 8.11. The number of nitrogens with zero attached hydrogens (tertiary/aromatic N) is 1. The lowest BCUT2D eigenvalue weighted by Gasteiger charge is -2.27. The molecule has 1 aromatic carbocycles. The van der Waals surface area contributed by atoms with Gasteiger partial charge < -0.3 is 19.8 Å². The van der Waals surface area contributed by atoms with E-state index in [1.807, 2.05) is 45.0 Å². The second-order valence-electron chi connectivity index (χ2n) is 7.25. The quantitative estimate of drug-likeness (QED) is 0.893. The number of benzene rings is 1. The van der Waals surface area contributed by atoms with Gasteiger partial charge in [0.25, 0.3) is 0 Å². The first-order chi connectivity index (χ1) is 10.8. The fourth-order valence-electron chi connectivity index (χ4n) is 3.07. The number of carbonyl (C=O) groups excluding carboxylic acids is 1. The molecule has 0 bridgehead atoms. The van der Waals surface area contributed by atoms with Crippen molar-refractivity contribution in [1.82, 2.24) is 4.90 Å². The third-order valence-electron chi connectivity index (χ3n) is 4.04. The first-order valence-corrected chi connectivity index (χ1v) is 8.11. The molecule has 5 nitrogen and oxygen atoms in total. The smallest absolute Gasteiger partial charge is 0.410 e. The van der Waals surface area contributed by atoms with Crippen LogP contribution in [0.15, 0.2) is 24.3 Å². The van der Waals surface area contributed by atoms with Crippen LogP contribution in [0.4, 0.5) is 4.79 Å². The van der Waals surface area contributed by atoms with Crippen LogP contribution >= 0.6 is 0 Å². The SMILES string of the molecule is CC(C)(C)OC(=O)N1CC(Cc2cccc(CO)c2)CC1CO. The average molecular weight is 321 g/mol. The molecule has 1 amide bonds. The predicted octanol–water partition coefficient (Wildman–Crippen LogP) is 2.34. The molecule has 2 unspecified atom stereocenters. The van der Waals surface area contributed by atoms with Gasteiger partial charge >= 0.3 is 6.09 Å². The molecule has 1 saturated heterocycles. The fraction of sp³-hybridized carbons (Fsp3) is 0.611. The first kappa shape index (κ1) is 17.8. The lowest BCUT2D eigenvalue weighted by atomic mass is 9.96. The van der Waals surface area contributed by atoms with Gasteiger partial charge in [-0.2, -0.15) is 0 Å². The van der Waals surface area contributed by atoms with E-state index in [4.69, 9.17) is 4.74 Å². The summed E-state index contributed by atoms with van der Waals surface area (Å²) >= 11 is 0. The van der Waals surface area contributed by atoms with E-state index in [1.165, 1.54) is 0 Å². The Hall–Kier alpha value is -1.59. The van der Waals surface area contributed by atoms with Gasteiger partial charge in [0.2, 0.25) is 0 Å². The Morgan fingerprint density at radius 3 is 2.61 bits per heavy atom. The van der Waals surface area contributed by atoms with Crippen LogP contribution in [0.5, 0.6) is 0 Å². The van der Waals surface area contributed by atoms with E-state index in [-0.39, 0.29) is 31.3 Å². The van der Waals surface area contributed by atoms with E-state index in [0.29, 0.717) is 6.54 Å². The van der Waals surface area contributed by atoms with E-state index in [2.05, 4.69) is 0 Å². The average Bonchev–Trinajstić information content (AvgIpc) is 2.89. The topological polar surface area (TPSA) is 70.0 Å². The molecule has 2 rings (SSSR count). The molecule has 0 aromatic heterocycles. The molecule has 0 aliphatic carbocycles. The third kappa shape index (κ3) is 4.94. The highest BCUT2D eigenvalue weighted by Crippen LogP contribution is 2.28. The minimum absolute atomic E-state index is 0.0296. The molecule has 1 heterocycles. The van der Waals surface area contributed by atoms with E-state index in [1.54, 1.807) is 4.90 Å². The summed E-state index contributed by atoms with van der Waals surface area (Å²) in [5, 5.41) is 18.8. The summed E-state index contributed by atoms with van der Waals surface area (Å²) in [5.41, 5.74) is 1.50. The van der Waals surface area contributed by atoms with Gasteiger partial charge in [-0.15, -0.1) is 0 Å². The van der Waals surface area contributed by atoms with Crippen molar-refractivity contribution in [3.63, 3.8) is 0 Å². The largest absolute Gasteiger partial charge is 0.444 e. The third-order valence-corrected chi connectivity index (χ3v) is 4.04. The number of aliphatic hydroxyl groups is 2. The standard InChI is InChI=1S/C18H27NO4/c1-18(2,3)23-17(22)19-10-15(9-16(19)12-21)8-13-5-4-6-14(7-13)11-20/h4-7,15-16,20-21H,8-12H2,1-3H3. The number of amides is 1. The van der Waals surface area contributed by atoms with Crippen LogP contribution in [-0.2, 0) is 17.8 Å². The van der Waals surface area contributed by atoms with Gasteiger partial charge in [-0.1, -0.05) is 24.3 Å². The van der Waals surface area contributed by atoms with Crippen molar-refractivity contribution < 1.29 is 19.7 Å². The van der Waals surface area contributed by atoms with Crippen molar-refractivity contribution in [2.24, 2.45) is 5.92 Å². The van der Waals surface area contributed by atoms with Gasteiger partial charge in [-0.05, 0) is 50.7 Å². The predicted molar refractivity (Wildman–Crippen MR) is 88.0 cm³/mol. The molecule has 0 spiro atoms. The zero-order valence-corrected chi connectivity index (χ0v) is 14.2. The number of rotatable bonds is 4. The number of hydrogen-bond acceptors (Lipinski definition) is 4. The van der Waals surface area contributed by atoms with Crippen LogP contribution in [0.25, 0.3) is 0 Å². The number of hydrogen-bond donors (Lipinski definition) is 2. The van der Waals surface area contributed by atoms with Crippen molar-refractivity contribution in [3.05, 3.63) is 35.4 Å². The maximum absolute atomic E-state index is 12.3. The van der Waals surface area contributed by atoms with E-state index >= 15 is 0 Å². The molecule has 23 heavy (non-hydrogen) atoms. The summed E-state index contributed by atoms with van der Waals surface area (Å²) in [4.78, 5) is 13.9. The maximum atomic E-state index is 12.3. The molecular weight excluding hydrogens is 294 g/mol. The normalized spacial score (nSPS) is 21.5. The molecule has 2 atom stereocenters. The summed E-state index contributed by atoms with van der Waals surface area (Å²) < 4.78 is 5.43. The van der Waals surface area contributed by atoms with Gasteiger partial charge in [0.15, 0.2) is 0 Å². The van der Waals surface area contributed by atoms with Crippen molar-refractivity contribution in [3.8, 4) is 0 Å². The summed E-state index contributed by atoms with van der Waals surface area (Å²) in [6, 6.07) is 7.66. The Kier molecular flexibility index (Phi) is 5.65. The maximum Gasteiger partial charge on any atom is 0.410 e. The lowest BCUT2D eigenvalue weighted by molar-refractivity contribution is 0.0172. The molecule has 128 valence electrons. The number of likely N-dealkylation sites (tertiary alicyclic amines) is 1. The summed E-state index contributed by atoms with van der Waals surface area (Å²) in [6.45, 7) is 6.09. The van der Waals surface area contributed by atoms with Crippen LogP contribution in [0.3, 0.4) is 0 Å². The molecule has 1 aromatic rings. The minimum Gasteiger partial charge on any atom is -0.444 e. The van der Waals surface area contributed by atoms with Crippen LogP contribution in [0.2, 0.25) is 0 Å². The van der Waals surface area contributed by atoms with Gasteiger partial charge in [0.05, 0.1) is 19.3 Å². The zero-order valence-electron chi connectivity index (χ0n) is 14.2. The Morgan fingerprint density at radius 1 is 1.30 bits per heavy atom. The van der Waals surface area contributed by atoms with Crippen LogP contribution in [-0.4, -0.2) is 46.0 Å². The van der Waals surface area contributed by atoms with Gasteiger partial charge in [-0.3, -0.25) is 0 Å². The molecule has 5 heteroatoms. The van der Waals surface area contributed by atoms with E-state index < -0.39 is 5.60 Å². The number of carbonyl (C=O) groups is 1. The monoisotopic (exact) mass is 321 g/mol. The van der Waals surface area contributed by atoms with Crippen LogP contribution in [0.1, 0.15) is 38.3 Å². The number of ether oxygens (including phenoxy) is 1. The molecule has 1 fully saturated rings. The number of aliphatic hydroxyl groups excluding tert-OH is 2. The lowest BCUT2D eigenvalue weighted by Crippen LogP contribution is -2.41. The molecular formula is C18H27NO4. The van der Waals surface area contributed by atoms with Gasteiger partial charge in [-0.25, -0.2) is 4.79 Å². The summed E-state index contributed by atoms with van der Waals surface area (Å²) in [7, 11) is 0. The van der Waals surface area contributed by atoms with E-state index in [9.17, 15) is 15.0 Å². The van der Waals surface area contributed by atoms with Crippen molar-refractivity contribution >= 4 is 6.09 Å². The van der Waals surface area contributed by atoms with Gasteiger partial charge in [0.1, 0.15) is 5.60 Å². The van der Waals surface area contributed by atoms with E-state index in [0.717, 1.165) is 24.0 Å². The Bertz CT molecular complexity index is 538.